The van der Waals surface area contributed by atoms with Gasteiger partial charge in [-0.05, 0) is 35.6 Å². The molecule has 2 unspecified atom stereocenters. The summed E-state index contributed by atoms with van der Waals surface area (Å²) >= 11 is 0. The van der Waals surface area contributed by atoms with E-state index in [1.807, 2.05) is 42.5 Å². The van der Waals surface area contributed by atoms with E-state index >= 15 is 0 Å². The largest absolute Gasteiger partial charge is 0.457 e. The van der Waals surface area contributed by atoms with Crippen molar-refractivity contribution in [2.75, 3.05) is 0 Å². The van der Waals surface area contributed by atoms with Crippen molar-refractivity contribution in [3.63, 3.8) is 0 Å². The van der Waals surface area contributed by atoms with E-state index in [4.69, 9.17) is 9.47 Å². The van der Waals surface area contributed by atoms with Gasteiger partial charge in [0.1, 0.15) is 12.7 Å². The molecule has 2 aliphatic rings. The first-order chi connectivity index (χ1) is 11.3. The van der Waals surface area contributed by atoms with Crippen molar-refractivity contribution in [2.24, 2.45) is 0 Å². The van der Waals surface area contributed by atoms with Crippen LogP contribution in [0.2, 0.25) is 0 Å². The Morgan fingerprint density at radius 3 is 2.70 bits per heavy atom. The van der Waals surface area contributed by atoms with Gasteiger partial charge in [-0.1, -0.05) is 54.6 Å². The number of ether oxygens (including phenoxy) is 2. The molecule has 0 spiro atoms. The fourth-order valence-electron chi connectivity index (χ4n) is 3.07. The van der Waals surface area contributed by atoms with Crippen molar-refractivity contribution in [1.29, 1.82) is 0 Å². The summed E-state index contributed by atoms with van der Waals surface area (Å²) in [6.07, 6.45) is 4.07. The summed E-state index contributed by atoms with van der Waals surface area (Å²) < 4.78 is 10.9. The summed E-state index contributed by atoms with van der Waals surface area (Å²) in [5.41, 5.74) is 4.00. The summed E-state index contributed by atoms with van der Waals surface area (Å²) in [6, 6.07) is 18.2. The van der Waals surface area contributed by atoms with Gasteiger partial charge in [-0.3, -0.25) is 0 Å². The lowest BCUT2D eigenvalue weighted by atomic mass is 9.99. The maximum Gasteiger partial charge on any atom is 0.334 e. The second kappa shape index (κ2) is 6.01. The monoisotopic (exact) mass is 306 g/mol. The van der Waals surface area contributed by atoms with Crippen LogP contribution in [0.1, 0.15) is 18.4 Å². The minimum atomic E-state index is -0.221. The van der Waals surface area contributed by atoms with E-state index in [1.165, 1.54) is 0 Å². The van der Waals surface area contributed by atoms with Gasteiger partial charge in [0.05, 0.1) is 6.10 Å². The van der Waals surface area contributed by atoms with Crippen LogP contribution in [0.3, 0.4) is 0 Å². The Labute approximate surface area is 135 Å². The summed E-state index contributed by atoms with van der Waals surface area (Å²) in [7, 11) is 0. The molecular weight excluding hydrogens is 288 g/mol. The summed E-state index contributed by atoms with van der Waals surface area (Å²) in [5, 5.41) is 0. The average molecular weight is 306 g/mol. The molecular formula is C20H18O3. The number of benzene rings is 2. The molecule has 0 bridgehead atoms. The quantitative estimate of drug-likeness (QED) is 0.635. The number of rotatable bonds is 4. The molecule has 2 atom stereocenters. The molecule has 1 heterocycles. The van der Waals surface area contributed by atoms with Gasteiger partial charge in [0, 0.05) is 5.57 Å². The molecule has 3 heteroatoms. The minimum absolute atomic E-state index is 0.142. The molecule has 0 aromatic heterocycles. The van der Waals surface area contributed by atoms with Crippen molar-refractivity contribution in [1.82, 2.24) is 0 Å². The number of hydrogen-bond donors (Lipinski definition) is 0. The fraction of sp³-hybridized carbons (Fsp3) is 0.250. The molecule has 0 N–H and O–H groups in total. The summed E-state index contributed by atoms with van der Waals surface area (Å²) in [5.74, 6) is -0.221. The average Bonchev–Trinajstić information content (AvgIpc) is 3.39. The van der Waals surface area contributed by atoms with Gasteiger partial charge >= 0.3 is 5.97 Å². The van der Waals surface area contributed by atoms with Crippen molar-refractivity contribution >= 4 is 5.97 Å². The third kappa shape index (κ3) is 3.06. The standard InChI is InChI=1S/C20H18O3/c21-20(15-10-11-18-19(12-15)23-18)22-13-16-8-4-5-9-17(16)14-6-2-1-3-7-14/h1-9,12,18-19H,10-11,13H2. The Bertz CT molecular complexity index is 748. The van der Waals surface area contributed by atoms with E-state index in [2.05, 4.69) is 18.2 Å². The van der Waals surface area contributed by atoms with E-state index in [9.17, 15) is 4.79 Å². The molecule has 0 radical (unpaired) electrons. The van der Waals surface area contributed by atoms with Gasteiger partial charge in [0.15, 0.2) is 0 Å². The molecule has 2 aromatic rings. The molecule has 2 aromatic carbocycles. The smallest absolute Gasteiger partial charge is 0.334 e. The lowest BCUT2D eigenvalue weighted by Crippen LogP contribution is -2.13. The molecule has 0 saturated carbocycles. The van der Waals surface area contributed by atoms with Crippen LogP contribution in [-0.2, 0) is 20.9 Å². The predicted molar refractivity (Wildman–Crippen MR) is 87.7 cm³/mol. The Kier molecular flexibility index (Phi) is 3.72. The number of fused-ring (bicyclic) bond motifs is 1. The number of carbonyl (C=O) groups is 1. The Morgan fingerprint density at radius 2 is 1.87 bits per heavy atom. The van der Waals surface area contributed by atoms with E-state index in [-0.39, 0.29) is 18.7 Å². The van der Waals surface area contributed by atoms with Crippen LogP contribution >= 0.6 is 0 Å². The number of hydrogen-bond acceptors (Lipinski definition) is 3. The normalized spacial score (nSPS) is 22.0. The highest BCUT2D eigenvalue weighted by Gasteiger charge is 2.41. The molecule has 116 valence electrons. The zero-order chi connectivity index (χ0) is 15.6. The third-order valence-electron chi connectivity index (χ3n) is 4.41. The van der Waals surface area contributed by atoms with Crippen molar-refractivity contribution < 1.29 is 14.3 Å². The van der Waals surface area contributed by atoms with Gasteiger partial charge in [0.25, 0.3) is 0 Å². The minimum Gasteiger partial charge on any atom is -0.457 e. The zero-order valence-corrected chi connectivity index (χ0v) is 12.8. The van der Waals surface area contributed by atoms with Gasteiger partial charge in [-0.2, -0.15) is 0 Å². The molecule has 0 amide bonds. The van der Waals surface area contributed by atoms with Crippen molar-refractivity contribution in [2.45, 2.75) is 31.7 Å². The van der Waals surface area contributed by atoms with Gasteiger partial charge in [0.2, 0.25) is 0 Å². The molecule has 4 rings (SSSR count). The van der Waals surface area contributed by atoms with Crippen molar-refractivity contribution in [3.8, 4) is 11.1 Å². The highest BCUT2D eigenvalue weighted by atomic mass is 16.6. The molecule has 1 aliphatic heterocycles. The summed E-state index contributed by atoms with van der Waals surface area (Å²) in [6.45, 7) is 0.288. The van der Waals surface area contributed by atoms with Crippen LogP contribution in [-0.4, -0.2) is 18.2 Å². The van der Waals surface area contributed by atoms with Crippen LogP contribution in [0.15, 0.2) is 66.2 Å². The first-order valence-corrected chi connectivity index (χ1v) is 7.98. The molecule has 23 heavy (non-hydrogen) atoms. The third-order valence-corrected chi connectivity index (χ3v) is 4.41. The van der Waals surface area contributed by atoms with Gasteiger partial charge in [-0.25, -0.2) is 4.79 Å². The zero-order valence-electron chi connectivity index (χ0n) is 12.8. The first-order valence-electron chi connectivity index (χ1n) is 7.98. The summed E-state index contributed by atoms with van der Waals surface area (Å²) in [4.78, 5) is 12.2. The van der Waals surface area contributed by atoms with Crippen LogP contribution in [0.4, 0.5) is 0 Å². The molecule has 3 nitrogen and oxygen atoms in total. The lowest BCUT2D eigenvalue weighted by molar-refractivity contribution is -0.140. The predicted octanol–water partition coefficient (Wildman–Crippen LogP) is 3.88. The maximum atomic E-state index is 12.2. The maximum absolute atomic E-state index is 12.2. The van der Waals surface area contributed by atoms with E-state index < -0.39 is 0 Å². The molecule has 1 fully saturated rings. The molecule has 1 aliphatic carbocycles. The lowest BCUT2D eigenvalue weighted by Gasteiger charge is -2.12. The van der Waals surface area contributed by atoms with E-state index in [0.29, 0.717) is 6.10 Å². The Morgan fingerprint density at radius 1 is 1.09 bits per heavy atom. The number of epoxide rings is 1. The number of carbonyl (C=O) groups excluding carboxylic acids is 1. The van der Waals surface area contributed by atoms with Crippen LogP contribution in [0.25, 0.3) is 11.1 Å². The van der Waals surface area contributed by atoms with E-state index in [0.717, 1.165) is 35.1 Å². The highest BCUT2D eigenvalue weighted by molar-refractivity contribution is 5.89. The van der Waals surface area contributed by atoms with Crippen LogP contribution in [0, 0.1) is 0 Å². The SMILES string of the molecule is O=C(OCc1ccccc1-c1ccccc1)C1=CC2OC2CC1. The van der Waals surface area contributed by atoms with Gasteiger partial charge < -0.3 is 9.47 Å². The van der Waals surface area contributed by atoms with Gasteiger partial charge in [-0.15, -0.1) is 0 Å². The fourth-order valence-corrected chi connectivity index (χ4v) is 3.07. The highest BCUT2D eigenvalue weighted by Crippen LogP contribution is 2.35. The second-order valence-corrected chi connectivity index (χ2v) is 5.97. The van der Waals surface area contributed by atoms with Crippen molar-refractivity contribution in [3.05, 3.63) is 71.8 Å². The second-order valence-electron chi connectivity index (χ2n) is 5.97. The topological polar surface area (TPSA) is 38.8 Å². The van der Waals surface area contributed by atoms with E-state index in [1.54, 1.807) is 0 Å². The van der Waals surface area contributed by atoms with Crippen LogP contribution < -0.4 is 0 Å². The number of esters is 1. The molecule has 1 saturated heterocycles. The Hall–Kier alpha value is -2.39. The first kappa shape index (κ1) is 14.2. The van der Waals surface area contributed by atoms with Crippen LogP contribution in [0.5, 0.6) is 0 Å². The Balaban J connectivity index is 1.48.